The highest BCUT2D eigenvalue weighted by molar-refractivity contribution is 6.00. The first-order chi connectivity index (χ1) is 15.9. The zero-order valence-electron chi connectivity index (χ0n) is 19.5. The number of nitrogens with zero attached hydrogens (tertiary/aromatic N) is 2. The maximum Gasteiger partial charge on any atom is 0.242 e. The summed E-state index contributed by atoms with van der Waals surface area (Å²) < 4.78 is 7.29. The van der Waals surface area contributed by atoms with Gasteiger partial charge in [-0.2, -0.15) is 0 Å². The molecule has 0 aliphatic heterocycles. The summed E-state index contributed by atoms with van der Waals surface area (Å²) in [5.41, 5.74) is 2.15. The number of fused-ring (bicyclic) bond motifs is 1. The second kappa shape index (κ2) is 11.3. The third-order valence-electron chi connectivity index (χ3n) is 5.54. The van der Waals surface area contributed by atoms with Crippen molar-refractivity contribution in [2.24, 2.45) is 0 Å². The molecule has 1 N–H and O–H groups in total. The number of hydrogen-bond acceptors (Lipinski definition) is 4. The molecule has 0 spiro atoms. The maximum absolute atomic E-state index is 12.4. The van der Waals surface area contributed by atoms with E-state index in [9.17, 15) is 14.4 Å². The Hall–Kier alpha value is -3.61. The van der Waals surface area contributed by atoms with Crippen LogP contribution in [0.2, 0.25) is 0 Å². The van der Waals surface area contributed by atoms with Crippen molar-refractivity contribution in [3.8, 4) is 5.75 Å². The van der Waals surface area contributed by atoms with E-state index in [1.807, 2.05) is 55.8 Å². The number of carbonyl (C=O) groups is 3. The number of benzene rings is 2. The highest BCUT2D eigenvalue weighted by atomic mass is 16.5. The van der Waals surface area contributed by atoms with Crippen LogP contribution in [0.25, 0.3) is 10.9 Å². The maximum atomic E-state index is 12.4. The van der Waals surface area contributed by atoms with E-state index >= 15 is 0 Å². The van der Waals surface area contributed by atoms with Crippen molar-refractivity contribution in [3.05, 3.63) is 60.3 Å². The third kappa shape index (κ3) is 6.22. The van der Waals surface area contributed by atoms with E-state index in [0.29, 0.717) is 36.7 Å². The third-order valence-corrected chi connectivity index (χ3v) is 5.54. The molecule has 7 nitrogen and oxygen atoms in total. The number of rotatable bonds is 11. The minimum atomic E-state index is -0.218. The number of Topliss-reactive ketones (excluding diaryl/α,β-unsaturated/α-hetero) is 1. The normalized spacial score (nSPS) is 10.8. The van der Waals surface area contributed by atoms with Crippen LogP contribution >= 0.6 is 0 Å². The lowest BCUT2D eigenvalue weighted by atomic mass is 10.1. The van der Waals surface area contributed by atoms with Gasteiger partial charge in [0, 0.05) is 54.3 Å². The van der Waals surface area contributed by atoms with E-state index in [1.54, 1.807) is 29.2 Å². The summed E-state index contributed by atoms with van der Waals surface area (Å²) in [6.07, 6.45) is 2.11. The molecule has 0 atom stereocenters. The lowest BCUT2D eigenvalue weighted by Gasteiger charge is -2.19. The summed E-state index contributed by atoms with van der Waals surface area (Å²) in [7, 11) is 0. The van der Waals surface area contributed by atoms with Gasteiger partial charge in [-0.05, 0) is 69.3 Å². The first-order valence-electron chi connectivity index (χ1n) is 11.4. The second-order valence-corrected chi connectivity index (χ2v) is 7.71. The van der Waals surface area contributed by atoms with Gasteiger partial charge in [-0.15, -0.1) is 0 Å². The van der Waals surface area contributed by atoms with E-state index in [-0.39, 0.29) is 37.0 Å². The van der Waals surface area contributed by atoms with Gasteiger partial charge >= 0.3 is 0 Å². The van der Waals surface area contributed by atoms with E-state index in [4.69, 9.17) is 4.74 Å². The predicted octanol–water partition coefficient (Wildman–Crippen LogP) is 4.51. The molecule has 0 bridgehead atoms. The van der Waals surface area contributed by atoms with Gasteiger partial charge in [0.15, 0.2) is 5.78 Å². The van der Waals surface area contributed by atoms with Crippen molar-refractivity contribution in [3.63, 3.8) is 0 Å². The Morgan fingerprint density at radius 2 is 1.67 bits per heavy atom. The number of carbonyl (C=O) groups excluding carboxylic acids is 3. The monoisotopic (exact) mass is 449 g/mol. The summed E-state index contributed by atoms with van der Waals surface area (Å²) >= 11 is 0. The second-order valence-electron chi connectivity index (χ2n) is 7.71. The quantitative estimate of drug-likeness (QED) is 0.437. The van der Waals surface area contributed by atoms with Crippen LogP contribution in [0.4, 0.5) is 5.69 Å². The van der Waals surface area contributed by atoms with Crippen molar-refractivity contribution < 1.29 is 19.1 Å². The van der Waals surface area contributed by atoms with Gasteiger partial charge in [-0.1, -0.05) is 0 Å². The van der Waals surface area contributed by atoms with E-state index in [0.717, 1.165) is 10.9 Å². The average Bonchev–Trinajstić information content (AvgIpc) is 3.21. The minimum absolute atomic E-state index is 0.0760. The highest BCUT2D eigenvalue weighted by Gasteiger charge is 2.13. The first kappa shape index (κ1) is 24.0. The van der Waals surface area contributed by atoms with E-state index < -0.39 is 0 Å². The Morgan fingerprint density at radius 3 is 2.33 bits per heavy atom. The minimum Gasteiger partial charge on any atom is -0.494 e. The van der Waals surface area contributed by atoms with Gasteiger partial charge < -0.3 is 19.5 Å². The highest BCUT2D eigenvalue weighted by Crippen LogP contribution is 2.21. The van der Waals surface area contributed by atoms with Gasteiger partial charge in [0.25, 0.3) is 0 Å². The lowest BCUT2D eigenvalue weighted by Crippen LogP contribution is -2.33. The summed E-state index contributed by atoms with van der Waals surface area (Å²) in [6, 6.07) is 14.5. The largest absolute Gasteiger partial charge is 0.494 e. The number of anilines is 1. The number of hydrogen-bond donors (Lipinski definition) is 1. The summed E-state index contributed by atoms with van der Waals surface area (Å²) in [4.78, 5) is 39.0. The molecule has 0 unspecified atom stereocenters. The predicted molar refractivity (Wildman–Crippen MR) is 130 cm³/mol. The van der Waals surface area contributed by atoms with Crippen LogP contribution in [0.1, 0.15) is 44.0 Å². The molecule has 2 amide bonds. The average molecular weight is 450 g/mol. The molecule has 2 aromatic carbocycles. The van der Waals surface area contributed by atoms with Crippen LogP contribution < -0.4 is 10.1 Å². The van der Waals surface area contributed by atoms with Gasteiger partial charge in [0.05, 0.1) is 6.61 Å². The van der Waals surface area contributed by atoms with Crippen molar-refractivity contribution >= 4 is 34.2 Å². The zero-order chi connectivity index (χ0) is 23.8. The molecule has 0 saturated heterocycles. The topological polar surface area (TPSA) is 80.6 Å². The number of likely N-dealkylation sites (N-methyl/N-ethyl adjacent to an activating group) is 1. The fraction of sp³-hybridized carbons (Fsp3) is 0.346. The standard InChI is InChI=1S/C26H31N3O4/c1-4-28(5-2)26(32)18-29-16-15-20-17-21(9-12-23(20)29)27-25(31)14-13-24(30)19-7-10-22(11-8-19)33-6-3/h7-12,15-17H,4-6,13-14,18H2,1-3H3,(H,27,31). The number of ether oxygens (including phenoxy) is 1. The summed E-state index contributed by atoms with van der Waals surface area (Å²) in [5.74, 6) is 0.490. The van der Waals surface area contributed by atoms with Crippen LogP contribution in [-0.4, -0.2) is 46.8 Å². The van der Waals surface area contributed by atoms with E-state index in [1.165, 1.54) is 0 Å². The van der Waals surface area contributed by atoms with Crippen molar-refractivity contribution in [1.29, 1.82) is 0 Å². The first-order valence-corrected chi connectivity index (χ1v) is 11.4. The molecule has 1 heterocycles. The molecule has 0 saturated carbocycles. The molecule has 0 fully saturated rings. The van der Waals surface area contributed by atoms with Gasteiger partial charge in [0.2, 0.25) is 11.8 Å². The van der Waals surface area contributed by atoms with Gasteiger partial charge in [-0.25, -0.2) is 0 Å². The van der Waals surface area contributed by atoms with E-state index in [2.05, 4.69) is 5.32 Å². The zero-order valence-corrected chi connectivity index (χ0v) is 19.5. The molecule has 0 aliphatic carbocycles. The number of aromatic nitrogens is 1. The molecular formula is C26H31N3O4. The smallest absolute Gasteiger partial charge is 0.242 e. The van der Waals surface area contributed by atoms with Crippen LogP contribution in [0, 0.1) is 0 Å². The lowest BCUT2D eigenvalue weighted by molar-refractivity contribution is -0.131. The van der Waals surface area contributed by atoms with Crippen molar-refractivity contribution in [1.82, 2.24) is 9.47 Å². The van der Waals surface area contributed by atoms with Crippen LogP contribution in [0.3, 0.4) is 0 Å². The SMILES string of the molecule is CCOc1ccc(C(=O)CCC(=O)Nc2ccc3c(ccn3CC(=O)N(CC)CC)c2)cc1. The molecule has 0 aliphatic rings. The Bertz CT molecular complexity index is 1110. The van der Waals surface area contributed by atoms with Crippen LogP contribution in [-0.2, 0) is 16.1 Å². The number of ketones is 1. The Balaban J connectivity index is 1.56. The molecule has 174 valence electrons. The van der Waals surface area contributed by atoms with Gasteiger partial charge in [-0.3, -0.25) is 14.4 Å². The van der Waals surface area contributed by atoms with Crippen LogP contribution in [0.15, 0.2) is 54.7 Å². The molecule has 1 aromatic heterocycles. The van der Waals surface area contributed by atoms with Crippen molar-refractivity contribution in [2.45, 2.75) is 40.2 Å². The molecular weight excluding hydrogens is 418 g/mol. The fourth-order valence-electron chi connectivity index (χ4n) is 3.74. The Morgan fingerprint density at radius 1 is 0.939 bits per heavy atom. The summed E-state index contributed by atoms with van der Waals surface area (Å²) in [5, 5.41) is 3.79. The molecule has 3 aromatic rings. The van der Waals surface area contributed by atoms with Gasteiger partial charge in [0.1, 0.15) is 12.3 Å². The Labute approximate surface area is 194 Å². The number of nitrogens with one attached hydrogen (secondary N) is 1. The molecule has 0 radical (unpaired) electrons. The molecule has 3 rings (SSSR count). The van der Waals surface area contributed by atoms with Crippen molar-refractivity contribution in [2.75, 3.05) is 25.0 Å². The molecule has 33 heavy (non-hydrogen) atoms. The summed E-state index contributed by atoms with van der Waals surface area (Å²) in [6.45, 7) is 8.06. The Kier molecular flexibility index (Phi) is 8.24. The van der Waals surface area contributed by atoms with Crippen LogP contribution in [0.5, 0.6) is 5.75 Å². The molecule has 7 heteroatoms. The number of amides is 2. The fourth-order valence-corrected chi connectivity index (χ4v) is 3.74.